The van der Waals surface area contributed by atoms with Gasteiger partial charge in [-0.25, -0.2) is 33.7 Å². The number of hydrogen-bond donors (Lipinski definition) is 2. The number of rotatable bonds is 14. The summed E-state index contributed by atoms with van der Waals surface area (Å²) in [4.78, 5) is 3.36. The minimum absolute atomic E-state index is 0. The van der Waals surface area contributed by atoms with Crippen LogP contribution in [0, 0.1) is 0 Å². The van der Waals surface area contributed by atoms with Crippen molar-refractivity contribution in [2.45, 2.75) is 41.5 Å². The molecule has 47 heavy (non-hydrogen) atoms. The Hall–Kier alpha value is -2.13. The molecule has 0 fully saturated rings. The van der Waals surface area contributed by atoms with Crippen molar-refractivity contribution < 1.29 is 60.2 Å². The summed E-state index contributed by atoms with van der Waals surface area (Å²) in [6.45, 7) is 21.0. The molecular weight excluding hydrogens is 736 g/mol. The molecule has 0 heterocycles. The molecule has 0 aliphatic heterocycles. The van der Waals surface area contributed by atoms with E-state index < -0.39 is 40.1 Å². The average molecular weight is 788 g/mol. The van der Waals surface area contributed by atoms with Crippen LogP contribution in [0.3, 0.4) is 0 Å². The number of quaternary nitrogens is 2. The van der Waals surface area contributed by atoms with Gasteiger partial charge >= 0.3 is 16.8 Å². The van der Waals surface area contributed by atoms with Gasteiger partial charge in [0, 0.05) is 25.0 Å². The molecule has 275 valence electrons. The second-order valence-corrected chi connectivity index (χ2v) is 16.5. The van der Waals surface area contributed by atoms with E-state index in [9.17, 15) is 33.7 Å². The van der Waals surface area contributed by atoms with Crippen LogP contribution >= 0.6 is 0 Å². The van der Waals surface area contributed by atoms with Crippen LogP contribution in [0.4, 0.5) is 22.7 Å². The van der Waals surface area contributed by atoms with Crippen LogP contribution in [-0.4, -0.2) is 98.0 Å². The Morgan fingerprint density at radius 1 is 0.404 bits per heavy atom. The van der Waals surface area contributed by atoms with Crippen molar-refractivity contribution in [1.82, 2.24) is 0 Å². The zero-order valence-corrected chi connectivity index (χ0v) is 33.2. The van der Waals surface area contributed by atoms with Crippen molar-refractivity contribution in [2.75, 3.05) is 64.3 Å². The maximum Gasteiger partial charge on any atom is 2.00 e. The predicted octanol–water partition coefficient (Wildman–Crippen LogP) is 3.09. The first-order valence-electron chi connectivity index (χ1n) is 14.6. The Morgan fingerprint density at radius 3 is 0.638 bits per heavy atom. The van der Waals surface area contributed by atoms with Crippen LogP contribution in [0.1, 0.15) is 41.5 Å². The minimum atomic E-state index is -3.59. The predicted molar refractivity (Wildman–Crippen MR) is 190 cm³/mol. The molecule has 0 unspecified atom stereocenters. The summed E-state index contributed by atoms with van der Waals surface area (Å²) < 4.78 is 101. The van der Waals surface area contributed by atoms with Crippen LogP contribution in [0.25, 0.3) is 18.9 Å². The molecule has 0 saturated heterocycles. The quantitative estimate of drug-likeness (QED) is 0.291. The van der Waals surface area contributed by atoms with Crippen molar-refractivity contribution in [3.63, 3.8) is 0 Å². The van der Waals surface area contributed by atoms with Gasteiger partial charge in [-0.1, -0.05) is 48.5 Å². The van der Waals surface area contributed by atoms with Crippen molar-refractivity contribution in [3.05, 3.63) is 67.4 Å². The molecule has 0 aromatic heterocycles. The largest absolute Gasteiger partial charge is 2.00 e. The van der Waals surface area contributed by atoms with Crippen LogP contribution < -0.4 is 9.80 Å². The van der Waals surface area contributed by atoms with Gasteiger partial charge in [0.1, 0.15) is 0 Å². The summed E-state index contributed by atoms with van der Waals surface area (Å²) in [6.07, 6.45) is 3.68. The molecular formula is C28H52CoN6O8S4. The fourth-order valence-corrected chi connectivity index (χ4v) is 5.50. The molecule has 2 aromatic rings. The Morgan fingerprint density at radius 2 is 0.553 bits per heavy atom. The Labute approximate surface area is 294 Å². The Kier molecular flexibility index (Phi) is 25.2. The van der Waals surface area contributed by atoms with E-state index in [4.69, 9.17) is 0 Å². The van der Waals surface area contributed by atoms with Crippen LogP contribution in [0.5, 0.6) is 0 Å². The van der Waals surface area contributed by atoms with E-state index in [1.54, 1.807) is 34.1 Å². The number of hydrogen-bond acceptors (Lipinski definition) is 8. The number of nitrogens with zero attached hydrogens (tertiary/aromatic N) is 4. The normalized spacial score (nSPS) is 11.3. The van der Waals surface area contributed by atoms with Crippen LogP contribution in [-0.2, 0) is 56.9 Å². The number of benzene rings is 2. The van der Waals surface area contributed by atoms with Gasteiger partial charge in [-0.2, -0.15) is 0 Å². The van der Waals surface area contributed by atoms with E-state index in [-0.39, 0.29) is 39.5 Å². The molecule has 1 radical (unpaired) electrons. The SMILES string of the molecule is CC[NH+](CC)CC.CC[NH+](CC)CC.CS(=O)(=O)[N-]c1ccccc1[N-]S(C)(=O)=O.CS(=O)(=O)[N-]c1ccccc1[N-]S(C)(=O)=O.[Co+2]. The Bertz CT molecular complexity index is 1350. The van der Waals surface area contributed by atoms with Crippen LogP contribution in [0.2, 0.25) is 0 Å². The molecule has 0 atom stereocenters. The average Bonchev–Trinajstić information content (AvgIpc) is 2.91. The molecule has 0 spiro atoms. The van der Waals surface area contributed by atoms with E-state index in [0.29, 0.717) is 0 Å². The smallest absolute Gasteiger partial charge is 0.578 e. The topological polar surface area (TPSA) is 202 Å². The van der Waals surface area contributed by atoms with Gasteiger partial charge in [0.2, 0.25) is 0 Å². The third-order valence-electron chi connectivity index (χ3n) is 5.82. The summed E-state index contributed by atoms with van der Waals surface area (Å²) in [6, 6.07) is 11.7. The van der Waals surface area contributed by atoms with Gasteiger partial charge in [-0.15, -0.1) is 22.7 Å². The molecule has 0 aliphatic rings. The summed E-state index contributed by atoms with van der Waals surface area (Å²) in [5.41, 5.74) is 0.0386. The molecule has 0 amide bonds. The van der Waals surface area contributed by atoms with Gasteiger partial charge in [0.05, 0.1) is 79.4 Å². The van der Waals surface area contributed by atoms with E-state index in [1.807, 2.05) is 0 Å². The van der Waals surface area contributed by atoms with Crippen molar-refractivity contribution in [3.8, 4) is 0 Å². The van der Waals surface area contributed by atoms with Gasteiger partial charge in [0.25, 0.3) is 0 Å². The summed E-state index contributed by atoms with van der Waals surface area (Å²) in [7, 11) is -14.3. The van der Waals surface area contributed by atoms with Crippen LogP contribution in [0.15, 0.2) is 48.5 Å². The minimum Gasteiger partial charge on any atom is -0.578 e. The molecule has 0 bridgehead atoms. The zero-order valence-electron chi connectivity index (χ0n) is 28.9. The number of nitrogens with one attached hydrogen (secondary N) is 2. The molecule has 0 saturated carbocycles. The molecule has 2 N–H and O–H groups in total. The first-order valence-corrected chi connectivity index (χ1v) is 22.0. The second-order valence-electron chi connectivity index (χ2n) is 9.90. The van der Waals surface area contributed by atoms with Gasteiger partial charge in [-0.05, 0) is 41.5 Å². The van der Waals surface area contributed by atoms with Gasteiger partial charge in [-0.3, -0.25) is 0 Å². The molecule has 19 heteroatoms. The molecule has 0 aliphatic carbocycles. The molecule has 14 nitrogen and oxygen atoms in total. The van der Waals surface area contributed by atoms with E-state index in [2.05, 4.69) is 60.4 Å². The molecule has 2 aromatic carbocycles. The summed E-state index contributed by atoms with van der Waals surface area (Å²) >= 11 is 0. The maximum absolute atomic E-state index is 11.0. The second kappa shape index (κ2) is 24.1. The van der Waals surface area contributed by atoms with E-state index in [0.717, 1.165) is 25.0 Å². The van der Waals surface area contributed by atoms with Gasteiger partial charge < -0.3 is 28.7 Å². The van der Waals surface area contributed by atoms with Crippen molar-refractivity contribution >= 4 is 62.8 Å². The zero-order chi connectivity index (χ0) is 36.2. The maximum atomic E-state index is 11.0. The van der Waals surface area contributed by atoms with E-state index in [1.165, 1.54) is 63.5 Å². The fourth-order valence-electron chi connectivity index (χ4n) is 3.45. The van der Waals surface area contributed by atoms with Gasteiger partial charge in [0.15, 0.2) is 0 Å². The monoisotopic (exact) mass is 787 g/mol. The Balaban J connectivity index is -0.000000586. The van der Waals surface area contributed by atoms with E-state index >= 15 is 0 Å². The first-order chi connectivity index (χ1) is 21.0. The fraction of sp³-hybridized carbons (Fsp3) is 0.571. The molecule has 2 rings (SSSR count). The number of sulfonamides is 4. The third-order valence-corrected chi connectivity index (χ3v) is 7.93. The van der Waals surface area contributed by atoms with Crippen molar-refractivity contribution in [1.29, 1.82) is 0 Å². The summed E-state index contributed by atoms with van der Waals surface area (Å²) in [5.74, 6) is 0. The third kappa shape index (κ3) is 28.6. The first kappa shape index (κ1) is 49.3. The standard InChI is InChI=1S/2C8H10N2O4S2.2C6H15N.Co/c2*1-15(11,12)9-7-5-3-4-6-8(7)10-16(2,13)14;2*1-4-7(5-2)6-3;/h2*3-6H,1-2H3;2*4-6H2,1-3H3;/q2*-2;;;+2/p+2. The summed E-state index contributed by atoms with van der Waals surface area (Å²) in [5, 5.41) is 0. The van der Waals surface area contributed by atoms with Crippen molar-refractivity contribution in [2.24, 2.45) is 0 Å².